The first kappa shape index (κ1) is 22.1. The van der Waals surface area contributed by atoms with Gasteiger partial charge in [-0.1, -0.05) is 36.4 Å². The van der Waals surface area contributed by atoms with Gasteiger partial charge >= 0.3 is 11.9 Å². The predicted octanol–water partition coefficient (Wildman–Crippen LogP) is 4.89. The molecule has 0 N–H and O–H groups in total. The highest BCUT2D eigenvalue weighted by Crippen LogP contribution is 2.29. The van der Waals surface area contributed by atoms with Crippen LogP contribution in [-0.2, 0) is 32.0 Å². The predicted molar refractivity (Wildman–Crippen MR) is 125 cm³/mol. The SMILES string of the molecule is CCOC(=O)/C=C(/Cc1cn(Cc2ccccc2)c2cccc(I)c12)C(=O)OCC. The molecule has 3 aromatic rings. The third-order valence-corrected chi connectivity index (χ3v) is 5.53. The van der Waals surface area contributed by atoms with Gasteiger partial charge in [-0.05, 0) is 59.7 Å². The van der Waals surface area contributed by atoms with Crippen LogP contribution in [0.4, 0.5) is 0 Å². The van der Waals surface area contributed by atoms with Crippen LogP contribution in [0.2, 0.25) is 0 Å². The summed E-state index contributed by atoms with van der Waals surface area (Å²) in [6.45, 7) is 4.68. The van der Waals surface area contributed by atoms with Gasteiger partial charge in [0.1, 0.15) is 0 Å². The van der Waals surface area contributed by atoms with Crippen LogP contribution < -0.4 is 0 Å². The molecule has 0 spiro atoms. The molecule has 0 atom stereocenters. The molecule has 1 aromatic heterocycles. The lowest BCUT2D eigenvalue weighted by atomic mass is 10.0. The minimum absolute atomic E-state index is 0.242. The Morgan fingerprint density at radius 2 is 1.73 bits per heavy atom. The van der Waals surface area contributed by atoms with Gasteiger partial charge in [-0.3, -0.25) is 0 Å². The molecule has 0 aliphatic carbocycles. The number of nitrogens with zero attached hydrogens (tertiary/aromatic N) is 1. The summed E-state index contributed by atoms with van der Waals surface area (Å²) >= 11 is 2.31. The third-order valence-electron chi connectivity index (χ3n) is 4.63. The van der Waals surface area contributed by atoms with E-state index in [2.05, 4.69) is 51.6 Å². The molecular weight excluding hydrogens is 493 g/mol. The van der Waals surface area contributed by atoms with Gasteiger partial charge in [0.2, 0.25) is 0 Å². The highest BCUT2D eigenvalue weighted by molar-refractivity contribution is 14.1. The fourth-order valence-electron chi connectivity index (χ4n) is 3.37. The first-order chi connectivity index (χ1) is 14.5. The van der Waals surface area contributed by atoms with Crippen molar-refractivity contribution in [3.8, 4) is 0 Å². The number of hydrogen-bond donors (Lipinski definition) is 0. The van der Waals surface area contributed by atoms with Crippen LogP contribution in [0.25, 0.3) is 10.9 Å². The summed E-state index contributed by atoms with van der Waals surface area (Å²) in [5.74, 6) is -1.04. The number of benzene rings is 2. The summed E-state index contributed by atoms with van der Waals surface area (Å²) in [5.41, 5.74) is 3.52. The smallest absolute Gasteiger partial charge is 0.334 e. The van der Waals surface area contributed by atoms with E-state index in [-0.39, 0.29) is 25.2 Å². The fraction of sp³-hybridized carbons (Fsp3) is 0.250. The standard InChI is InChI=1S/C24H24INO4/c1-3-29-22(27)14-18(24(28)30-4-2)13-19-16-26(15-17-9-6-5-7-10-17)21-12-8-11-20(25)23(19)21/h5-12,14,16H,3-4,13,15H2,1-2H3/b18-14-. The number of carbonyl (C=O) groups excluding carboxylic acids is 2. The number of halogens is 1. The number of esters is 2. The summed E-state index contributed by atoms with van der Waals surface area (Å²) in [7, 11) is 0. The number of fused-ring (bicyclic) bond motifs is 1. The van der Waals surface area contributed by atoms with Gasteiger partial charge in [-0.15, -0.1) is 0 Å². The number of aromatic nitrogens is 1. The zero-order valence-corrected chi connectivity index (χ0v) is 19.2. The van der Waals surface area contributed by atoms with Crippen molar-refractivity contribution in [1.29, 1.82) is 0 Å². The molecule has 2 aromatic carbocycles. The Morgan fingerprint density at radius 3 is 2.43 bits per heavy atom. The van der Waals surface area contributed by atoms with Gasteiger partial charge in [0.05, 0.1) is 13.2 Å². The molecule has 6 heteroatoms. The molecule has 30 heavy (non-hydrogen) atoms. The lowest BCUT2D eigenvalue weighted by molar-refractivity contribution is -0.141. The van der Waals surface area contributed by atoms with Crippen LogP contribution >= 0.6 is 22.6 Å². The minimum atomic E-state index is -0.539. The molecule has 0 saturated heterocycles. The average Bonchev–Trinajstić information content (AvgIpc) is 3.07. The molecule has 0 unspecified atom stereocenters. The Balaban J connectivity index is 2.03. The van der Waals surface area contributed by atoms with E-state index in [0.29, 0.717) is 6.54 Å². The zero-order valence-electron chi connectivity index (χ0n) is 17.1. The van der Waals surface area contributed by atoms with E-state index >= 15 is 0 Å². The Morgan fingerprint density at radius 1 is 1.00 bits per heavy atom. The van der Waals surface area contributed by atoms with Crippen molar-refractivity contribution in [3.05, 3.63) is 81.1 Å². The molecule has 0 saturated carbocycles. The van der Waals surface area contributed by atoms with Crippen molar-refractivity contribution in [3.63, 3.8) is 0 Å². The molecule has 0 amide bonds. The number of ether oxygens (including phenoxy) is 2. The van der Waals surface area contributed by atoms with E-state index in [1.807, 2.05) is 30.3 Å². The number of carbonyl (C=O) groups is 2. The van der Waals surface area contributed by atoms with Gasteiger partial charge in [0.15, 0.2) is 0 Å². The van der Waals surface area contributed by atoms with Crippen LogP contribution in [-0.4, -0.2) is 29.7 Å². The Labute approximate surface area is 189 Å². The second-order valence-corrected chi connectivity index (χ2v) is 7.88. The van der Waals surface area contributed by atoms with Crippen LogP contribution in [0.1, 0.15) is 25.0 Å². The van der Waals surface area contributed by atoms with E-state index in [4.69, 9.17) is 9.47 Å². The van der Waals surface area contributed by atoms with Crippen molar-refractivity contribution < 1.29 is 19.1 Å². The summed E-state index contributed by atoms with van der Waals surface area (Å²) < 4.78 is 13.4. The second-order valence-electron chi connectivity index (χ2n) is 6.72. The highest BCUT2D eigenvalue weighted by atomic mass is 127. The van der Waals surface area contributed by atoms with Gasteiger partial charge in [-0.25, -0.2) is 9.59 Å². The first-order valence-electron chi connectivity index (χ1n) is 9.88. The largest absolute Gasteiger partial charge is 0.463 e. The van der Waals surface area contributed by atoms with E-state index in [1.54, 1.807) is 13.8 Å². The summed E-state index contributed by atoms with van der Waals surface area (Å²) in [6, 6.07) is 16.3. The van der Waals surface area contributed by atoms with Gasteiger partial charge in [0, 0.05) is 45.3 Å². The van der Waals surface area contributed by atoms with Crippen LogP contribution in [0.5, 0.6) is 0 Å². The summed E-state index contributed by atoms with van der Waals surface area (Å²) in [5, 5.41) is 1.08. The monoisotopic (exact) mass is 517 g/mol. The van der Waals surface area contributed by atoms with Gasteiger partial charge < -0.3 is 14.0 Å². The van der Waals surface area contributed by atoms with E-state index in [9.17, 15) is 9.59 Å². The average molecular weight is 517 g/mol. The van der Waals surface area contributed by atoms with Crippen LogP contribution in [0.15, 0.2) is 66.4 Å². The number of hydrogen-bond acceptors (Lipinski definition) is 4. The molecule has 0 aliphatic heterocycles. The molecule has 0 bridgehead atoms. The first-order valence-corrected chi connectivity index (χ1v) is 11.0. The lowest BCUT2D eigenvalue weighted by Crippen LogP contribution is -2.13. The van der Waals surface area contributed by atoms with E-state index in [0.717, 1.165) is 20.0 Å². The Kier molecular flexibility index (Phi) is 7.68. The molecule has 5 nitrogen and oxygen atoms in total. The minimum Gasteiger partial charge on any atom is -0.463 e. The van der Waals surface area contributed by atoms with E-state index < -0.39 is 11.9 Å². The second kappa shape index (κ2) is 10.4. The van der Waals surface area contributed by atoms with Crippen molar-refractivity contribution in [1.82, 2.24) is 4.57 Å². The van der Waals surface area contributed by atoms with Crippen molar-refractivity contribution in [2.75, 3.05) is 13.2 Å². The van der Waals surface area contributed by atoms with Crippen molar-refractivity contribution in [2.45, 2.75) is 26.8 Å². The summed E-state index contributed by atoms with van der Waals surface area (Å²) in [4.78, 5) is 24.5. The fourth-order valence-corrected chi connectivity index (χ4v) is 4.20. The van der Waals surface area contributed by atoms with Crippen LogP contribution in [0.3, 0.4) is 0 Å². The molecule has 0 aliphatic rings. The normalized spacial score (nSPS) is 11.5. The molecular formula is C24H24INO4. The van der Waals surface area contributed by atoms with Crippen molar-refractivity contribution >= 4 is 45.4 Å². The quantitative estimate of drug-likeness (QED) is 0.243. The third kappa shape index (κ3) is 5.30. The number of rotatable bonds is 8. The van der Waals surface area contributed by atoms with Gasteiger partial charge in [-0.2, -0.15) is 0 Å². The zero-order chi connectivity index (χ0) is 21.5. The van der Waals surface area contributed by atoms with Gasteiger partial charge in [0.25, 0.3) is 0 Å². The molecule has 156 valence electrons. The maximum absolute atomic E-state index is 12.5. The Bertz CT molecular complexity index is 1070. The topological polar surface area (TPSA) is 57.5 Å². The molecule has 1 heterocycles. The highest BCUT2D eigenvalue weighted by Gasteiger charge is 2.19. The summed E-state index contributed by atoms with van der Waals surface area (Å²) in [6.07, 6.45) is 3.59. The maximum Gasteiger partial charge on any atom is 0.334 e. The van der Waals surface area contributed by atoms with E-state index in [1.165, 1.54) is 11.6 Å². The Hall–Kier alpha value is -2.61. The van der Waals surface area contributed by atoms with Crippen LogP contribution in [0, 0.1) is 3.57 Å². The maximum atomic E-state index is 12.5. The van der Waals surface area contributed by atoms with Crippen molar-refractivity contribution in [2.24, 2.45) is 0 Å². The molecule has 0 fully saturated rings. The lowest BCUT2D eigenvalue weighted by Gasteiger charge is -2.07. The molecule has 3 rings (SSSR count). The molecule has 0 radical (unpaired) electrons.